The Morgan fingerprint density at radius 1 is 0.973 bits per heavy atom. The van der Waals surface area contributed by atoms with Crippen molar-refractivity contribution in [2.45, 2.75) is 32.2 Å². The molecular weight excluding hydrogens is 475 g/mol. The maximum absolute atomic E-state index is 15.2. The Morgan fingerprint density at radius 3 is 2.35 bits per heavy atom. The van der Waals surface area contributed by atoms with Crippen molar-refractivity contribution < 1.29 is 28.2 Å². The lowest BCUT2D eigenvalue weighted by Crippen LogP contribution is -2.52. The molecule has 192 valence electrons. The van der Waals surface area contributed by atoms with Crippen LogP contribution >= 0.6 is 0 Å². The van der Waals surface area contributed by atoms with Crippen molar-refractivity contribution in [1.29, 1.82) is 0 Å². The van der Waals surface area contributed by atoms with Crippen LogP contribution in [0.5, 0.6) is 0 Å². The van der Waals surface area contributed by atoms with Gasteiger partial charge in [-0.15, -0.1) is 0 Å². The number of esters is 1. The van der Waals surface area contributed by atoms with Gasteiger partial charge in [0.1, 0.15) is 6.04 Å². The fraction of sp³-hybridized carbons (Fsp3) is 0.276. The van der Waals surface area contributed by atoms with Crippen molar-refractivity contribution in [3.63, 3.8) is 0 Å². The monoisotopic (exact) mass is 504 g/mol. The van der Waals surface area contributed by atoms with Crippen LogP contribution < -0.4 is 10.2 Å². The molecule has 0 fully saturated rings. The minimum atomic E-state index is -2.96. The molecule has 1 N–H and O–H groups in total. The van der Waals surface area contributed by atoms with Gasteiger partial charge in [0.15, 0.2) is 0 Å². The lowest BCUT2D eigenvalue weighted by Gasteiger charge is -2.28. The van der Waals surface area contributed by atoms with Gasteiger partial charge in [-0.25, -0.2) is 9.18 Å². The molecule has 4 rings (SSSR count). The summed E-state index contributed by atoms with van der Waals surface area (Å²) in [7, 11) is 0. The number of hydrogen-bond acceptors (Lipinski definition) is 5. The lowest BCUT2D eigenvalue weighted by atomic mass is 9.95. The predicted octanol–water partition coefficient (Wildman–Crippen LogP) is 4.37. The van der Waals surface area contributed by atoms with E-state index in [2.05, 4.69) is 5.32 Å². The first-order valence-corrected chi connectivity index (χ1v) is 12.1. The third-order valence-corrected chi connectivity index (χ3v) is 6.20. The van der Waals surface area contributed by atoms with E-state index in [0.29, 0.717) is 17.9 Å². The van der Waals surface area contributed by atoms with E-state index in [1.807, 2.05) is 66.7 Å². The van der Waals surface area contributed by atoms with Crippen molar-refractivity contribution in [3.8, 4) is 11.1 Å². The van der Waals surface area contributed by atoms with Gasteiger partial charge >= 0.3 is 5.97 Å². The summed E-state index contributed by atoms with van der Waals surface area (Å²) >= 11 is 0. The summed E-state index contributed by atoms with van der Waals surface area (Å²) in [6.45, 7) is 3.08. The average molecular weight is 505 g/mol. The van der Waals surface area contributed by atoms with E-state index >= 15 is 4.39 Å². The summed E-state index contributed by atoms with van der Waals surface area (Å²) in [6, 6.07) is 23.0. The van der Waals surface area contributed by atoms with Crippen molar-refractivity contribution >= 4 is 23.5 Å². The highest BCUT2D eigenvalue weighted by Crippen LogP contribution is 2.40. The molecule has 0 saturated heterocycles. The highest BCUT2D eigenvalue weighted by Gasteiger charge is 2.46. The first-order valence-electron chi connectivity index (χ1n) is 12.1. The SMILES string of the molecule is CCOC(=O)[C@](C)(F)C(=O)N[C@@H]1C(=O)N(CCOCc2ccccc2)c2ccccc2-c2ccccc21. The number of rotatable bonds is 9. The lowest BCUT2D eigenvalue weighted by molar-refractivity contribution is -0.162. The summed E-state index contributed by atoms with van der Waals surface area (Å²) in [5.74, 6) is -3.02. The molecule has 0 aliphatic carbocycles. The predicted molar refractivity (Wildman–Crippen MR) is 137 cm³/mol. The fourth-order valence-electron chi connectivity index (χ4n) is 4.25. The van der Waals surface area contributed by atoms with Crippen LogP contribution in [0.15, 0.2) is 78.9 Å². The molecule has 1 aliphatic heterocycles. The third-order valence-electron chi connectivity index (χ3n) is 6.20. The molecule has 37 heavy (non-hydrogen) atoms. The van der Waals surface area contributed by atoms with Gasteiger partial charge in [-0.1, -0.05) is 72.8 Å². The van der Waals surface area contributed by atoms with Crippen LogP contribution in [-0.2, 0) is 30.5 Å². The number of carbonyl (C=O) groups excluding carboxylic acids is 3. The van der Waals surface area contributed by atoms with Gasteiger partial charge in [0.2, 0.25) is 0 Å². The molecule has 2 atom stereocenters. The molecule has 1 aliphatic rings. The number of fused-ring (bicyclic) bond motifs is 3. The highest BCUT2D eigenvalue weighted by molar-refractivity contribution is 6.10. The molecule has 1 heterocycles. The van der Waals surface area contributed by atoms with Gasteiger partial charge in [-0.05, 0) is 36.6 Å². The normalized spacial score (nSPS) is 16.1. The van der Waals surface area contributed by atoms with Crippen LogP contribution in [0.4, 0.5) is 10.1 Å². The first-order chi connectivity index (χ1) is 17.8. The second kappa shape index (κ2) is 11.3. The van der Waals surface area contributed by atoms with Gasteiger partial charge in [0.25, 0.3) is 17.5 Å². The summed E-state index contributed by atoms with van der Waals surface area (Å²) in [5, 5.41) is 2.48. The molecule has 3 aromatic carbocycles. The van der Waals surface area contributed by atoms with Gasteiger partial charge < -0.3 is 19.7 Å². The zero-order valence-electron chi connectivity index (χ0n) is 20.8. The number of hydrogen-bond donors (Lipinski definition) is 1. The highest BCUT2D eigenvalue weighted by atomic mass is 19.1. The van der Waals surface area contributed by atoms with E-state index in [4.69, 9.17) is 9.47 Å². The van der Waals surface area contributed by atoms with E-state index in [-0.39, 0.29) is 19.8 Å². The number of nitrogens with one attached hydrogen (secondary N) is 1. The zero-order chi connectivity index (χ0) is 26.4. The molecule has 0 saturated carbocycles. The van der Waals surface area contributed by atoms with Crippen molar-refractivity contribution in [2.24, 2.45) is 0 Å². The number of carbonyl (C=O) groups is 3. The zero-order valence-corrected chi connectivity index (χ0v) is 20.8. The Hall–Kier alpha value is -4.04. The Morgan fingerprint density at radius 2 is 1.62 bits per heavy atom. The molecule has 0 spiro atoms. The molecule has 7 nitrogen and oxygen atoms in total. The molecule has 2 amide bonds. The number of ether oxygens (including phenoxy) is 2. The Balaban J connectivity index is 1.64. The summed E-state index contributed by atoms with van der Waals surface area (Å²) in [5.41, 5.74) is 0.701. The Bertz CT molecular complexity index is 1280. The molecule has 8 heteroatoms. The summed E-state index contributed by atoms with van der Waals surface area (Å²) in [6.07, 6.45) is 0. The number of nitrogens with zero attached hydrogens (tertiary/aromatic N) is 1. The minimum absolute atomic E-state index is 0.0805. The van der Waals surface area contributed by atoms with Crippen molar-refractivity contribution in [2.75, 3.05) is 24.7 Å². The second-order valence-corrected chi connectivity index (χ2v) is 8.76. The number of para-hydroxylation sites is 1. The number of anilines is 1. The number of amides is 2. The summed E-state index contributed by atoms with van der Waals surface area (Å²) < 4.78 is 25.7. The first kappa shape index (κ1) is 26.0. The van der Waals surface area contributed by atoms with Crippen LogP contribution in [0.1, 0.15) is 31.0 Å². The third kappa shape index (κ3) is 5.54. The number of benzene rings is 3. The summed E-state index contributed by atoms with van der Waals surface area (Å²) in [4.78, 5) is 40.5. The van der Waals surface area contributed by atoms with E-state index in [0.717, 1.165) is 23.6 Å². The van der Waals surface area contributed by atoms with Gasteiger partial charge in [0, 0.05) is 12.1 Å². The van der Waals surface area contributed by atoms with E-state index in [1.165, 1.54) is 11.8 Å². The van der Waals surface area contributed by atoms with E-state index in [1.54, 1.807) is 12.1 Å². The average Bonchev–Trinajstić information content (AvgIpc) is 3.01. The van der Waals surface area contributed by atoms with Crippen LogP contribution in [-0.4, -0.2) is 43.2 Å². The fourth-order valence-corrected chi connectivity index (χ4v) is 4.25. The molecule has 0 aromatic heterocycles. The number of alkyl halides is 1. The Kier molecular flexibility index (Phi) is 7.98. The van der Waals surface area contributed by atoms with Gasteiger partial charge in [0.05, 0.1) is 25.5 Å². The smallest absolute Gasteiger partial charge is 0.353 e. The topological polar surface area (TPSA) is 84.9 Å². The molecule has 0 radical (unpaired) electrons. The van der Waals surface area contributed by atoms with Crippen LogP contribution in [0.2, 0.25) is 0 Å². The van der Waals surface area contributed by atoms with E-state index < -0.39 is 29.5 Å². The minimum Gasteiger partial charge on any atom is -0.463 e. The van der Waals surface area contributed by atoms with Gasteiger partial charge in [-0.2, -0.15) is 0 Å². The van der Waals surface area contributed by atoms with Crippen LogP contribution in [0, 0.1) is 0 Å². The molecule has 0 bridgehead atoms. The molecule has 3 aromatic rings. The molecular formula is C29H29FN2O5. The number of halogens is 1. The standard InChI is InChI=1S/C29H29FN2O5/c1-3-37-28(35)29(2,30)27(34)31-25-23-15-8-7-13-21(23)22-14-9-10-16-24(22)32(26(25)33)17-18-36-19-20-11-5-4-6-12-20/h4-16,25H,3,17-19H2,1-2H3,(H,31,34)/t25-,29+/m0/s1. The Labute approximate surface area is 215 Å². The largest absolute Gasteiger partial charge is 0.463 e. The van der Waals surface area contributed by atoms with Crippen molar-refractivity contribution in [1.82, 2.24) is 5.32 Å². The van der Waals surface area contributed by atoms with Crippen molar-refractivity contribution in [3.05, 3.63) is 90.0 Å². The molecule has 0 unspecified atom stereocenters. The van der Waals surface area contributed by atoms with Crippen LogP contribution in [0.3, 0.4) is 0 Å². The maximum atomic E-state index is 15.2. The van der Waals surface area contributed by atoms with Crippen LogP contribution in [0.25, 0.3) is 11.1 Å². The quantitative estimate of drug-likeness (QED) is 0.266. The van der Waals surface area contributed by atoms with Gasteiger partial charge in [-0.3, -0.25) is 9.59 Å². The van der Waals surface area contributed by atoms with E-state index in [9.17, 15) is 14.4 Å². The maximum Gasteiger partial charge on any atom is 0.353 e. The second-order valence-electron chi connectivity index (χ2n) is 8.76.